The van der Waals surface area contributed by atoms with E-state index in [0.29, 0.717) is 25.8 Å². The van der Waals surface area contributed by atoms with E-state index in [2.05, 4.69) is 10.6 Å². The van der Waals surface area contributed by atoms with Gasteiger partial charge in [0.25, 0.3) is 5.91 Å². The maximum atomic E-state index is 14.2. The zero-order chi connectivity index (χ0) is 20.8. The lowest BCUT2D eigenvalue weighted by Crippen LogP contribution is -2.54. The van der Waals surface area contributed by atoms with Gasteiger partial charge in [0.1, 0.15) is 5.82 Å². The fourth-order valence-corrected chi connectivity index (χ4v) is 3.28. The fraction of sp³-hybridized carbons (Fsp3) is 0.550. The number of carboxylic acid groups (broad SMARTS) is 1. The molecule has 0 aromatic heterocycles. The smallest absolute Gasteiger partial charge is 0.317 e. The van der Waals surface area contributed by atoms with Crippen LogP contribution in [0.3, 0.4) is 0 Å². The van der Waals surface area contributed by atoms with Crippen LogP contribution in [0, 0.1) is 11.7 Å². The Morgan fingerprint density at radius 2 is 1.96 bits per heavy atom. The first-order valence-electron chi connectivity index (χ1n) is 9.55. The van der Waals surface area contributed by atoms with Gasteiger partial charge in [-0.1, -0.05) is 20.8 Å². The van der Waals surface area contributed by atoms with Crippen molar-refractivity contribution in [1.82, 2.24) is 10.2 Å². The van der Waals surface area contributed by atoms with Gasteiger partial charge in [-0.15, -0.1) is 0 Å². The van der Waals surface area contributed by atoms with Crippen LogP contribution in [0.1, 0.15) is 50.4 Å². The molecule has 0 saturated heterocycles. The highest BCUT2D eigenvalue weighted by Crippen LogP contribution is 2.26. The van der Waals surface area contributed by atoms with Crippen molar-refractivity contribution in [1.29, 1.82) is 0 Å². The molecule has 1 aliphatic rings. The normalized spacial score (nSPS) is 18.6. The Bertz CT molecular complexity index is 732. The summed E-state index contributed by atoms with van der Waals surface area (Å²) in [6.45, 7) is 6.31. The molecule has 0 unspecified atom stereocenters. The first-order chi connectivity index (χ1) is 13.2. The minimum Gasteiger partial charge on any atom is -0.480 e. The van der Waals surface area contributed by atoms with Gasteiger partial charge in [-0.05, 0) is 43.5 Å². The Morgan fingerprint density at radius 1 is 1.29 bits per heavy atom. The van der Waals surface area contributed by atoms with Crippen LogP contribution in [-0.2, 0) is 9.59 Å². The minimum atomic E-state index is -0.870. The first-order valence-corrected chi connectivity index (χ1v) is 9.55. The Balaban J connectivity index is 1.87. The zero-order valence-corrected chi connectivity index (χ0v) is 16.5. The molecule has 8 heteroatoms. The average Bonchev–Trinajstić information content (AvgIpc) is 2.56. The molecule has 28 heavy (non-hydrogen) atoms. The SMILES string of the molecule is CCN(CC(=O)O)C1CC(NC(=O)c2ccc(NC(=O)CC(C)C)c(F)c2)C1. The number of nitrogens with zero attached hydrogens (tertiary/aromatic N) is 1. The second-order valence-electron chi connectivity index (χ2n) is 7.59. The molecule has 2 amide bonds. The highest BCUT2D eigenvalue weighted by Gasteiger charge is 2.34. The van der Waals surface area contributed by atoms with E-state index in [4.69, 9.17) is 5.11 Å². The predicted octanol–water partition coefficient (Wildman–Crippen LogP) is 2.48. The highest BCUT2D eigenvalue weighted by molar-refractivity contribution is 5.96. The van der Waals surface area contributed by atoms with Crippen molar-refractivity contribution < 1.29 is 23.9 Å². The summed E-state index contributed by atoms with van der Waals surface area (Å²) < 4.78 is 14.2. The summed E-state index contributed by atoms with van der Waals surface area (Å²) in [6, 6.07) is 4.04. The third kappa shape index (κ3) is 6.02. The van der Waals surface area contributed by atoms with E-state index >= 15 is 0 Å². The molecule has 3 N–H and O–H groups in total. The molecule has 0 spiro atoms. The molecule has 1 aromatic carbocycles. The number of carbonyl (C=O) groups is 3. The van der Waals surface area contributed by atoms with Gasteiger partial charge in [0.15, 0.2) is 0 Å². The molecule has 0 aliphatic heterocycles. The summed E-state index contributed by atoms with van der Waals surface area (Å²) in [5.41, 5.74) is 0.235. The number of aliphatic carboxylic acids is 1. The van der Waals surface area contributed by atoms with E-state index in [1.165, 1.54) is 12.1 Å². The van der Waals surface area contributed by atoms with E-state index in [1.807, 2.05) is 25.7 Å². The topological polar surface area (TPSA) is 98.7 Å². The van der Waals surface area contributed by atoms with Gasteiger partial charge in [0.2, 0.25) is 5.91 Å². The summed E-state index contributed by atoms with van der Waals surface area (Å²) >= 11 is 0. The predicted molar refractivity (Wildman–Crippen MR) is 104 cm³/mol. The number of nitrogens with one attached hydrogen (secondary N) is 2. The highest BCUT2D eigenvalue weighted by atomic mass is 19.1. The average molecular weight is 393 g/mol. The molecular formula is C20H28FN3O4. The molecule has 2 rings (SSSR count). The van der Waals surface area contributed by atoms with Gasteiger partial charge < -0.3 is 15.7 Å². The van der Waals surface area contributed by atoms with Gasteiger partial charge in [0, 0.05) is 24.1 Å². The largest absolute Gasteiger partial charge is 0.480 e. The van der Waals surface area contributed by atoms with E-state index in [9.17, 15) is 18.8 Å². The van der Waals surface area contributed by atoms with Crippen molar-refractivity contribution in [3.05, 3.63) is 29.6 Å². The van der Waals surface area contributed by atoms with Crippen LogP contribution in [0.4, 0.5) is 10.1 Å². The summed E-state index contributed by atoms with van der Waals surface area (Å²) in [6.07, 6.45) is 1.62. The number of halogens is 1. The minimum absolute atomic E-state index is 0.0168. The van der Waals surface area contributed by atoms with Crippen LogP contribution in [0.25, 0.3) is 0 Å². The van der Waals surface area contributed by atoms with Gasteiger partial charge >= 0.3 is 5.97 Å². The summed E-state index contributed by atoms with van der Waals surface area (Å²) in [7, 11) is 0. The van der Waals surface area contributed by atoms with Crippen LogP contribution < -0.4 is 10.6 Å². The number of carbonyl (C=O) groups excluding carboxylic acids is 2. The molecule has 0 atom stereocenters. The number of hydrogen-bond acceptors (Lipinski definition) is 4. The molecule has 1 aromatic rings. The number of carboxylic acids is 1. The zero-order valence-electron chi connectivity index (χ0n) is 16.5. The summed E-state index contributed by atoms with van der Waals surface area (Å²) in [5.74, 6) is -2.02. The lowest BCUT2D eigenvalue weighted by atomic mass is 9.85. The van der Waals surface area contributed by atoms with E-state index < -0.39 is 11.8 Å². The second-order valence-corrected chi connectivity index (χ2v) is 7.59. The van der Waals surface area contributed by atoms with Crippen LogP contribution in [0.15, 0.2) is 18.2 Å². The maximum absolute atomic E-state index is 14.2. The molecular weight excluding hydrogens is 365 g/mol. The second kappa shape index (κ2) is 9.64. The van der Waals surface area contributed by atoms with Crippen molar-refractivity contribution in [3.63, 3.8) is 0 Å². The number of anilines is 1. The number of rotatable bonds is 9. The summed E-state index contributed by atoms with van der Waals surface area (Å²) in [4.78, 5) is 36.8. The van der Waals surface area contributed by atoms with E-state index in [1.54, 1.807) is 0 Å². The molecule has 154 valence electrons. The number of benzene rings is 1. The van der Waals surface area contributed by atoms with Crippen molar-refractivity contribution in [2.24, 2.45) is 5.92 Å². The summed E-state index contributed by atoms with van der Waals surface area (Å²) in [5, 5.41) is 14.3. The lowest BCUT2D eigenvalue weighted by Gasteiger charge is -2.42. The van der Waals surface area contributed by atoms with Crippen molar-refractivity contribution >= 4 is 23.5 Å². The third-order valence-corrected chi connectivity index (χ3v) is 4.81. The van der Waals surface area contributed by atoms with Gasteiger partial charge in [-0.2, -0.15) is 0 Å². The van der Waals surface area contributed by atoms with Crippen LogP contribution in [-0.4, -0.2) is 53.0 Å². The number of amides is 2. The van der Waals surface area contributed by atoms with Gasteiger partial charge in [0.05, 0.1) is 12.2 Å². The van der Waals surface area contributed by atoms with Crippen LogP contribution in [0.2, 0.25) is 0 Å². The Hall–Kier alpha value is -2.48. The van der Waals surface area contributed by atoms with Crippen molar-refractivity contribution in [2.45, 2.75) is 52.1 Å². The van der Waals surface area contributed by atoms with E-state index in [0.717, 1.165) is 6.07 Å². The number of hydrogen-bond donors (Lipinski definition) is 3. The van der Waals surface area contributed by atoms with Crippen molar-refractivity contribution in [2.75, 3.05) is 18.4 Å². The quantitative estimate of drug-likeness (QED) is 0.599. The molecule has 0 radical (unpaired) electrons. The Labute approximate surface area is 164 Å². The van der Waals surface area contributed by atoms with Gasteiger partial charge in [-0.25, -0.2) is 4.39 Å². The standard InChI is InChI=1S/C20H28FN3O4/c1-4-24(11-19(26)27)15-9-14(10-15)22-20(28)13-5-6-17(16(21)8-13)23-18(25)7-12(2)3/h5-6,8,12,14-15H,4,7,9-11H2,1-3H3,(H,22,28)(H,23,25)(H,26,27). The Morgan fingerprint density at radius 3 is 2.50 bits per heavy atom. The molecule has 0 heterocycles. The first kappa shape index (κ1) is 21.8. The maximum Gasteiger partial charge on any atom is 0.317 e. The third-order valence-electron chi connectivity index (χ3n) is 4.81. The monoisotopic (exact) mass is 393 g/mol. The van der Waals surface area contributed by atoms with Crippen molar-refractivity contribution in [3.8, 4) is 0 Å². The lowest BCUT2D eigenvalue weighted by molar-refractivity contribution is -0.139. The molecule has 1 fully saturated rings. The number of likely N-dealkylation sites (N-methyl/N-ethyl adjacent to an activating group) is 1. The van der Waals surface area contributed by atoms with Crippen LogP contribution in [0.5, 0.6) is 0 Å². The van der Waals surface area contributed by atoms with Crippen LogP contribution >= 0.6 is 0 Å². The molecule has 0 bridgehead atoms. The molecule has 1 saturated carbocycles. The van der Waals surface area contributed by atoms with Gasteiger partial charge in [-0.3, -0.25) is 19.3 Å². The van der Waals surface area contributed by atoms with E-state index in [-0.39, 0.29) is 47.6 Å². The fourth-order valence-electron chi connectivity index (χ4n) is 3.28. The molecule has 7 nitrogen and oxygen atoms in total. The Kier molecular flexibility index (Phi) is 7.51. The molecule has 1 aliphatic carbocycles.